The van der Waals surface area contributed by atoms with E-state index in [1.165, 1.54) is 14.0 Å². The van der Waals surface area contributed by atoms with E-state index < -0.39 is 24.1 Å². The SMILES string of the molecule is CCC(C)(CN(C)CC(F)(F)F)C(=O)O. The summed E-state index contributed by atoms with van der Waals surface area (Å²) in [6, 6.07) is 0. The molecule has 0 saturated carbocycles. The van der Waals surface area contributed by atoms with Gasteiger partial charge in [0.15, 0.2) is 0 Å². The standard InChI is InChI=1S/C9H16F3NO2/c1-4-8(2,7(14)15)5-13(3)6-9(10,11)12/h4-6H2,1-3H3,(H,14,15). The van der Waals surface area contributed by atoms with Gasteiger partial charge in [0, 0.05) is 6.54 Å². The Hall–Kier alpha value is -0.780. The van der Waals surface area contributed by atoms with Crippen molar-refractivity contribution in [2.75, 3.05) is 20.1 Å². The van der Waals surface area contributed by atoms with Gasteiger partial charge in [-0.3, -0.25) is 9.69 Å². The molecular formula is C9H16F3NO2. The first-order valence-electron chi connectivity index (χ1n) is 4.59. The van der Waals surface area contributed by atoms with Gasteiger partial charge in [0.2, 0.25) is 0 Å². The second-order valence-corrected chi connectivity index (χ2v) is 4.01. The Morgan fingerprint density at radius 2 is 1.80 bits per heavy atom. The molecule has 0 radical (unpaired) electrons. The zero-order valence-electron chi connectivity index (χ0n) is 9.06. The van der Waals surface area contributed by atoms with Crippen LogP contribution in [0.5, 0.6) is 0 Å². The minimum atomic E-state index is -4.29. The summed E-state index contributed by atoms with van der Waals surface area (Å²) in [4.78, 5) is 11.8. The van der Waals surface area contributed by atoms with Crippen LogP contribution >= 0.6 is 0 Å². The maximum Gasteiger partial charge on any atom is 0.401 e. The molecular weight excluding hydrogens is 211 g/mol. The number of nitrogens with zero attached hydrogens (tertiary/aromatic N) is 1. The minimum Gasteiger partial charge on any atom is -0.481 e. The maximum absolute atomic E-state index is 12.0. The van der Waals surface area contributed by atoms with Gasteiger partial charge in [0.1, 0.15) is 0 Å². The van der Waals surface area contributed by atoms with Gasteiger partial charge in [-0.15, -0.1) is 0 Å². The van der Waals surface area contributed by atoms with Crippen molar-refractivity contribution in [3.63, 3.8) is 0 Å². The lowest BCUT2D eigenvalue weighted by Gasteiger charge is -2.29. The van der Waals surface area contributed by atoms with Gasteiger partial charge in [-0.2, -0.15) is 13.2 Å². The van der Waals surface area contributed by atoms with E-state index in [1.807, 2.05) is 0 Å². The molecule has 1 N–H and O–H groups in total. The molecule has 15 heavy (non-hydrogen) atoms. The lowest BCUT2D eigenvalue weighted by Crippen LogP contribution is -2.42. The molecule has 3 nitrogen and oxygen atoms in total. The Labute approximate surface area is 86.9 Å². The van der Waals surface area contributed by atoms with Crippen LogP contribution in [0.25, 0.3) is 0 Å². The molecule has 1 unspecified atom stereocenters. The van der Waals surface area contributed by atoms with Crippen LogP contribution < -0.4 is 0 Å². The van der Waals surface area contributed by atoms with Crippen LogP contribution in [-0.2, 0) is 4.79 Å². The highest BCUT2D eigenvalue weighted by molar-refractivity contribution is 5.74. The molecule has 0 bridgehead atoms. The number of carbonyl (C=O) groups is 1. The van der Waals surface area contributed by atoms with Crippen molar-refractivity contribution in [3.05, 3.63) is 0 Å². The highest BCUT2D eigenvalue weighted by Crippen LogP contribution is 2.24. The molecule has 0 aromatic carbocycles. The summed E-state index contributed by atoms with van der Waals surface area (Å²) >= 11 is 0. The van der Waals surface area contributed by atoms with Crippen molar-refractivity contribution < 1.29 is 23.1 Å². The third-order valence-corrected chi connectivity index (χ3v) is 2.36. The second-order valence-electron chi connectivity index (χ2n) is 4.01. The number of rotatable bonds is 5. The Kier molecular flexibility index (Phi) is 4.58. The summed E-state index contributed by atoms with van der Waals surface area (Å²) in [6.45, 7) is 1.89. The van der Waals surface area contributed by atoms with E-state index in [0.29, 0.717) is 6.42 Å². The average Bonchev–Trinajstić information content (AvgIpc) is 1.99. The second kappa shape index (κ2) is 4.83. The lowest BCUT2D eigenvalue weighted by molar-refractivity contribution is -0.157. The predicted molar refractivity (Wildman–Crippen MR) is 49.6 cm³/mol. The molecule has 0 rings (SSSR count). The summed E-state index contributed by atoms with van der Waals surface area (Å²) < 4.78 is 36.0. The Morgan fingerprint density at radius 3 is 2.07 bits per heavy atom. The topological polar surface area (TPSA) is 40.5 Å². The van der Waals surface area contributed by atoms with Gasteiger partial charge in [-0.1, -0.05) is 6.92 Å². The molecule has 0 aromatic heterocycles. The Balaban J connectivity index is 4.38. The molecule has 0 aliphatic heterocycles. The van der Waals surface area contributed by atoms with E-state index in [0.717, 1.165) is 4.90 Å². The number of carboxylic acid groups (broad SMARTS) is 1. The molecule has 0 aromatic rings. The number of aliphatic carboxylic acids is 1. The molecule has 0 amide bonds. The Morgan fingerprint density at radius 1 is 1.33 bits per heavy atom. The maximum atomic E-state index is 12.0. The van der Waals surface area contributed by atoms with Crippen LogP contribution in [0.3, 0.4) is 0 Å². The van der Waals surface area contributed by atoms with Crippen LogP contribution in [-0.4, -0.2) is 42.3 Å². The first-order chi connectivity index (χ1) is 6.60. The third-order valence-electron chi connectivity index (χ3n) is 2.36. The quantitative estimate of drug-likeness (QED) is 0.780. The molecule has 0 spiro atoms. The van der Waals surface area contributed by atoms with Gasteiger partial charge in [-0.25, -0.2) is 0 Å². The largest absolute Gasteiger partial charge is 0.481 e. The number of hydrogen-bond donors (Lipinski definition) is 1. The fourth-order valence-corrected chi connectivity index (χ4v) is 1.29. The number of alkyl halides is 3. The van der Waals surface area contributed by atoms with Crippen LogP contribution in [0.1, 0.15) is 20.3 Å². The molecule has 0 saturated heterocycles. The summed E-state index contributed by atoms with van der Waals surface area (Å²) in [7, 11) is 1.27. The van der Waals surface area contributed by atoms with E-state index in [9.17, 15) is 18.0 Å². The Bertz CT molecular complexity index is 230. The van der Waals surface area contributed by atoms with Gasteiger partial charge >= 0.3 is 12.1 Å². The minimum absolute atomic E-state index is 0.113. The van der Waals surface area contributed by atoms with Gasteiger partial charge in [-0.05, 0) is 20.4 Å². The molecule has 1 atom stereocenters. The fraction of sp³-hybridized carbons (Fsp3) is 0.889. The van der Waals surface area contributed by atoms with Gasteiger partial charge < -0.3 is 5.11 Å². The molecule has 0 fully saturated rings. The lowest BCUT2D eigenvalue weighted by atomic mass is 9.87. The van der Waals surface area contributed by atoms with Crippen molar-refractivity contribution >= 4 is 5.97 Å². The third kappa shape index (κ3) is 5.01. The van der Waals surface area contributed by atoms with E-state index in [2.05, 4.69) is 0 Å². The van der Waals surface area contributed by atoms with Gasteiger partial charge in [0.05, 0.1) is 12.0 Å². The van der Waals surface area contributed by atoms with Crippen molar-refractivity contribution in [1.82, 2.24) is 4.90 Å². The molecule has 0 aliphatic rings. The molecule has 6 heteroatoms. The molecule has 90 valence electrons. The molecule has 0 heterocycles. The van der Waals surface area contributed by atoms with E-state index in [-0.39, 0.29) is 6.54 Å². The van der Waals surface area contributed by atoms with Crippen LogP contribution in [0.15, 0.2) is 0 Å². The number of carboxylic acids is 1. The van der Waals surface area contributed by atoms with Crippen LogP contribution in [0.2, 0.25) is 0 Å². The smallest absolute Gasteiger partial charge is 0.401 e. The van der Waals surface area contributed by atoms with Crippen LogP contribution in [0, 0.1) is 5.41 Å². The zero-order chi connectivity index (χ0) is 12.3. The van der Waals surface area contributed by atoms with Crippen LogP contribution in [0.4, 0.5) is 13.2 Å². The van der Waals surface area contributed by atoms with E-state index >= 15 is 0 Å². The van der Waals surface area contributed by atoms with E-state index in [4.69, 9.17) is 5.11 Å². The average molecular weight is 227 g/mol. The first-order valence-corrected chi connectivity index (χ1v) is 4.59. The number of hydrogen-bond acceptors (Lipinski definition) is 2. The summed E-state index contributed by atoms with van der Waals surface area (Å²) in [6.07, 6.45) is -3.99. The van der Waals surface area contributed by atoms with Gasteiger partial charge in [0.25, 0.3) is 0 Å². The zero-order valence-corrected chi connectivity index (χ0v) is 9.06. The van der Waals surface area contributed by atoms with Crippen molar-refractivity contribution in [3.8, 4) is 0 Å². The number of halogens is 3. The first kappa shape index (κ1) is 14.2. The predicted octanol–water partition coefficient (Wildman–Crippen LogP) is 1.98. The monoisotopic (exact) mass is 227 g/mol. The normalized spacial score (nSPS) is 16.5. The molecule has 0 aliphatic carbocycles. The van der Waals surface area contributed by atoms with Crippen molar-refractivity contribution in [1.29, 1.82) is 0 Å². The summed E-state index contributed by atoms with van der Waals surface area (Å²) in [5, 5.41) is 8.87. The fourth-order valence-electron chi connectivity index (χ4n) is 1.29. The summed E-state index contributed by atoms with van der Waals surface area (Å²) in [5.41, 5.74) is -1.12. The van der Waals surface area contributed by atoms with Crippen molar-refractivity contribution in [2.45, 2.75) is 26.4 Å². The van der Waals surface area contributed by atoms with Crippen molar-refractivity contribution in [2.24, 2.45) is 5.41 Å². The highest BCUT2D eigenvalue weighted by Gasteiger charge is 2.36. The highest BCUT2D eigenvalue weighted by atomic mass is 19.4. The summed E-state index contributed by atoms with van der Waals surface area (Å²) in [5.74, 6) is -1.07. The van der Waals surface area contributed by atoms with E-state index in [1.54, 1.807) is 6.92 Å².